The molecule has 0 bridgehead atoms. The second-order valence-corrected chi connectivity index (χ2v) is 3.42. The zero-order chi connectivity index (χ0) is 12.3. The molecule has 0 radical (unpaired) electrons. The molecule has 0 aliphatic carbocycles. The average Bonchev–Trinajstić information content (AvgIpc) is 2.47. The molecular formula is C12H14N2O3. The predicted molar refractivity (Wildman–Crippen MR) is 63.0 cm³/mol. The van der Waals surface area contributed by atoms with Crippen molar-refractivity contribution in [3.05, 3.63) is 29.8 Å². The van der Waals surface area contributed by atoms with Crippen molar-refractivity contribution in [3.8, 4) is 5.75 Å². The van der Waals surface area contributed by atoms with Gasteiger partial charge in [-0.1, -0.05) is 12.1 Å². The minimum atomic E-state index is -0.491. The highest BCUT2D eigenvalue weighted by atomic mass is 16.6. The van der Waals surface area contributed by atoms with Crippen LogP contribution in [-0.4, -0.2) is 30.2 Å². The fourth-order valence-electron chi connectivity index (χ4n) is 1.53. The summed E-state index contributed by atoms with van der Waals surface area (Å²) in [5.41, 5.74) is 0.693. The first-order valence-electron chi connectivity index (χ1n) is 5.56. The molecule has 5 heteroatoms. The number of hydrogen-bond acceptors (Lipinski definition) is 4. The normalized spacial score (nSPS) is 14.6. The van der Waals surface area contributed by atoms with Crippen LogP contribution in [0.4, 0.5) is 4.79 Å². The van der Waals surface area contributed by atoms with Crippen LogP contribution in [-0.2, 0) is 4.74 Å². The molecule has 0 saturated carbocycles. The van der Waals surface area contributed by atoms with Gasteiger partial charge in [0.15, 0.2) is 0 Å². The number of benzene rings is 1. The molecule has 5 nitrogen and oxygen atoms in total. The highest BCUT2D eigenvalue weighted by Gasteiger charge is 2.23. The summed E-state index contributed by atoms with van der Waals surface area (Å²) in [5.74, 6) is 0.886. The Bertz CT molecular complexity index is 457. The van der Waals surface area contributed by atoms with Gasteiger partial charge in [0, 0.05) is 6.54 Å². The quantitative estimate of drug-likeness (QED) is 0.788. The number of ether oxygens (including phenoxy) is 2. The number of carbonyl (C=O) groups is 1. The summed E-state index contributed by atoms with van der Waals surface area (Å²) in [6.07, 6.45) is -0.491. The van der Waals surface area contributed by atoms with Crippen molar-refractivity contribution in [2.75, 3.05) is 13.2 Å². The van der Waals surface area contributed by atoms with Crippen LogP contribution < -0.4 is 4.74 Å². The first kappa shape index (κ1) is 11.4. The summed E-state index contributed by atoms with van der Waals surface area (Å²) in [6, 6.07) is 7.19. The maximum absolute atomic E-state index is 11.7. The molecule has 0 atom stereocenters. The molecule has 2 rings (SSSR count). The molecule has 1 aromatic rings. The lowest BCUT2D eigenvalue weighted by molar-refractivity contribution is 0.157. The van der Waals surface area contributed by atoms with E-state index in [2.05, 4.69) is 5.10 Å². The first-order chi connectivity index (χ1) is 8.26. The number of hydrogen-bond donors (Lipinski definition) is 0. The van der Waals surface area contributed by atoms with Crippen molar-refractivity contribution in [2.45, 2.75) is 13.8 Å². The van der Waals surface area contributed by atoms with Gasteiger partial charge in [-0.15, -0.1) is 5.10 Å². The molecule has 0 fully saturated rings. The van der Waals surface area contributed by atoms with Crippen molar-refractivity contribution in [1.29, 1.82) is 0 Å². The smallest absolute Gasteiger partial charge is 0.435 e. The van der Waals surface area contributed by atoms with E-state index in [9.17, 15) is 4.79 Å². The third-order valence-corrected chi connectivity index (χ3v) is 2.32. The van der Waals surface area contributed by atoms with Gasteiger partial charge in [0.2, 0.25) is 5.90 Å². The molecule has 1 amide bonds. The van der Waals surface area contributed by atoms with Gasteiger partial charge >= 0.3 is 6.09 Å². The van der Waals surface area contributed by atoms with Crippen molar-refractivity contribution in [3.63, 3.8) is 0 Å². The minimum Gasteiger partial charge on any atom is -0.476 e. The van der Waals surface area contributed by atoms with E-state index in [4.69, 9.17) is 9.47 Å². The number of nitrogens with zero attached hydrogens (tertiary/aromatic N) is 2. The lowest BCUT2D eigenvalue weighted by atomic mass is 10.2. The van der Waals surface area contributed by atoms with E-state index >= 15 is 0 Å². The molecule has 1 aliphatic rings. The Balaban J connectivity index is 2.47. The molecule has 1 aromatic carbocycles. The highest BCUT2D eigenvalue weighted by Crippen LogP contribution is 2.23. The number of carbonyl (C=O) groups excluding carboxylic acids is 1. The third kappa shape index (κ3) is 2.22. The SMILES string of the molecule is CCOC1=NN(CC)C(=O)Oc2ccccc21. The van der Waals surface area contributed by atoms with Gasteiger partial charge in [-0.25, -0.2) is 4.79 Å². The van der Waals surface area contributed by atoms with Crippen LogP contribution in [0.5, 0.6) is 5.75 Å². The Morgan fingerprint density at radius 3 is 2.82 bits per heavy atom. The zero-order valence-electron chi connectivity index (χ0n) is 9.84. The molecule has 0 spiro atoms. The predicted octanol–water partition coefficient (Wildman–Crippen LogP) is 2.22. The molecule has 1 heterocycles. The summed E-state index contributed by atoms with van der Waals surface area (Å²) < 4.78 is 10.7. The van der Waals surface area contributed by atoms with Gasteiger partial charge in [-0.3, -0.25) is 0 Å². The van der Waals surface area contributed by atoms with Crippen LogP contribution in [0.15, 0.2) is 29.4 Å². The summed E-state index contributed by atoms with van der Waals surface area (Å²) in [4.78, 5) is 11.7. The van der Waals surface area contributed by atoms with Crippen molar-refractivity contribution >= 4 is 12.0 Å². The van der Waals surface area contributed by atoms with Gasteiger partial charge in [-0.05, 0) is 26.0 Å². The van der Waals surface area contributed by atoms with E-state index in [0.717, 1.165) is 0 Å². The van der Waals surface area contributed by atoms with E-state index in [-0.39, 0.29) is 0 Å². The van der Waals surface area contributed by atoms with E-state index in [1.165, 1.54) is 5.01 Å². The third-order valence-electron chi connectivity index (χ3n) is 2.32. The summed E-state index contributed by atoms with van der Waals surface area (Å²) in [5, 5.41) is 5.40. The van der Waals surface area contributed by atoms with Crippen LogP contribution in [0.25, 0.3) is 0 Å². The first-order valence-corrected chi connectivity index (χ1v) is 5.56. The Labute approximate surface area is 99.6 Å². The van der Waals surface area contributed by atoms with E-state index in [1.54, 1.807) is 12.1 Å². The number of fused-ring (bicyclic) bond motifs is 1. The van der Waals surface area contributed by atoms with Crippen LogP contribution in [0.3, 0.4) is 0 Å². The zero-order valence-corrected chi connectivity index (χ0v) is 9.84. The second kappa shape index (κ2) is 4.86. The maximum Gasteiger partial charge on any atom is 0.435 e. The lowest BCUT2D eigenvalue weighted by Crippen LogP contribution is -2.28. The van der Waals surface area contributed by atoms with Gasteiger partial charge in [0.05, 0.1) is 12.2 Å². The number of rotatable bonds is 2. The molecule has 0 unspecified atom stereocenters. The minimum absolute atomic E-state index is 0.413. The largest absolute Gasteiger partial charge is 0.476 e. The molecule has 0 saturated heterocycles. The molecule has 0 N–H and O–H groups in total. The maximum atomic E-state index is 11.7. The lowest BCUT2D eigenvalue weighted by Gasteiger charge is -2.11. The summed E-state index contributed by atoms with van der Waals surface area (Å²) in [6.45, 7) is 4.61. The molecule has 1 aliphatic heterocycles. The number of amides is 1. The van der Waals surface area contributed by atoms with E-state index in [1.807, 2.05) is 26.0 Å². The number of para-hydroxylation sites is 1. The van der Waals surface area contributed by atoms with E-state index in [0.29, 0.717) is 30.4 Å². The Morgan fingerprint density at radius 2 is 2.12 bits per heavy atom. The van der Waals surface area contributed by atoms with Gasteiger partial charge in [-0.2, -0.15) is 5.01 Å². The van der Waals surface area contributed by atoms with Crippen LogP contribution in [0.1, 0.15) is 19.4 Å². The molecule has 90 valence electrons. The number of hydrazone groups is 1. The van der Waals surface area contributed by atoms with Crippen LogP contribution >= 0.6 is 0 Å². The van der Waals surface area contributed by atoms with Gasteiger partial charge < -0.3 is 9.47 Å². The summed E-state index contributed by atoms with van der Waals surface area (Å²) in [7, 11) is 0. The Hall–Kier alpha value is -2.04. The average molecular weight is 234 g/mol. The topological polar surface area (TPSA) is 51.1 Å². The molecular weight excluding hydrogens is 220 g/mol. The Morgan fingerprint density at radius 1 is 1.35 bits per heavy atom. The summed E-state index contributed by atoms with van der Waals surface area (Å²) >= 11 is 0. The van der Waals surface area contributed by atoms with Crippen LogP contribution in [0.2, 0.25) is 0 Å². The van der Waals surface area contributed by atoms with Crippen molar-refractivity contribution in [2.24, 2.45) is 5.10 Å². The van der Waals surface area contributed by atoms with E-state index < -0.39 is 6.09 Å². The second-order valence-electron chi connectivity index (χ2n) is 3.42. The molecule has 0 aromatic heterocycles. The monoisotopic (exact) mass is 234 g/mol. The Kier molecular flexibility index (Phi) is 3.27. The highest BCUT2D eigenvalue weighted by molar-refractivity contribution is 5.99. The van der Waals surface area contributed by atoms with Gasteiger partial charge in [0.1, 0.15) is 5.75 Å². The fourth-order valence-corrected chi connectivity index (χ4v) is 1.53. The standard InChI is InChI=1S/C12H14N2O3/c1-3-14-12(15)17-10-8-6-5-7-9(10)11(13-14)16-4-2/h5-8H,3-4H2,1-2H3. The van der Waals surface area contributed by atoms with Crippen molar-refractivity contribution < 1.29 is 14.3 Å². The van der Waals surface area contributed by atoms with Gasteiger partial charge in [0.25, 0.3) is 0 Å². The van der Waals surface area contributed by atoms with Crippen LogP contribution in [0, 0.1) is 0 Å². The molecule has 17 heavy (non-hydrogen) atoms. The van der Waals surface area contributed by atoms with Crippen molar-refractivity contribution in [1.82, 2.24) is 5.01 Å². The fraction of sp³-hybridized carbons (Fsp3) is 0.333.